The van der Waals surface area contributed by atoms with Gasteiger partial charge in [0, 0.05) is 12.6 Å². The molecule has 0 aliphatic heterocycles. The van der Waals surface area contributed by atoms with Gasteiger partial charge in [0.15, 0.2) is 0 Å². The SMILES string of the molecule is Cc1nn(C)c(Cl)c1Cn1cnc(C(N)=NO)n1. The van der Waals surface area contributed by atoms with E-state index in [0.29, 0.717) is 11.7 Å². The van der Waals surface area contributed by atoms with Crippen molar-refractivity contribution in [2.24, 2.45) is 17.9 Å². The van der Waals surface area contributed by atoms with Gasteiger partial charge in [0.25, 0.3) is 0 Å². The molecule has 0 spiro atoms. The molecule has 0 unspecified atom stereocenters. The first-order chi connectivity index (χ1) is 8.52. The second kappa shape index (κ2) is 4.65. The zero-order chi connectivity index (χ0) is 13.3. The summed E-state index contributed by atoms with van der Waals surface area (Å²) in [6.07, 6.45) is 1.48. The molecule has 0 radical (unpaired) electrons. The Morgan fingerprint density at radius 1 is 1.56 bits per heavy atom. The van der Waals surface area contributed by atoms with Crippen LogP contribution in [0.15, 0.2) is 11.5 Å². The van der Waals surface area contributed by atoms with Crippen LogP contribution >= 0.6 is 11.6 Å². The van der Waals surface area contributed by atoms with Crippen LogP contribution in [0.5, 0.6) is 0 Å². The molecule has 96 valence electrons. The van der Waals surface area contributed by atoms with Crippen molar-refractivity contribution in [3.63, 3.8) is 0 Å². The lowest BCUT2D eigenvalue weighted by Gasteiger charge is -2.00. The van der Waals surface area contributed by atoms with Crippen molar-refractivity contribution in [2.45, 2.75) is 13.5 Å². The standard InChI is InChI=1S/C9H12ClN7O/c1-5-6(7(10)16(2)13-5)3-17-4-12-9(14-17)8(11)15-18/h4,18H,3H2,1-2H3,(H2,11,15). The van der Waals surface area contributed by atoms with Crippen molar-refractivity contribution in [1.82, 2.24) is 24.5 Å². The molecule has 0 aliphatic carbocycles. The Morgan fingerprint density at radius 3 is 2.83 bits per heavy atom. The van der Waals surface area contributed by atoms with Gasteiger partial charge in [-0.2, -0.15) is 5.10 Å². The first-order valence-corrected chi connectivity index (χ1v) is 5.46. The summed E-state index contributed by atoms with van der Waals surface area (Å²) < 4.78 is 3.14. The maximum absolute atomic E-state index is 8.52. The predicted molar refractivity (Wildman–Crippen MR) is 64.6 cm³/mol. The first kappa shape index (κ1) is 12.4. The number of hydrogen-bond donors (Lipinski definition) is 2. The zero-order valence-electron chi connectivity index (χ0n) is 9.87. The number of halogens is 1. The molecule has 2 rings (SSSR count). The van der Waals surface area contributed by atoms with Crippen LogP contribution < -0.4 is 5.73 Å². The molecule has 0 aromatic carbocycles. The lowest BCUT2D eigenvalue weighted by Crippen LogP contribution is -2.15. The zero-order valence-corrected chi connectivity index (χ0v) is 10.6. The van der Waals surface area contributed by atoms with Crippen LogP contribution in [0.2, 0.25) is 5.15 Å². The average Bonchev–Trinajstić information content (AvgIpc) is 2.90. The van der Waals surface area contributed by atoms with Crippen molar-refractivity contribution in [3.8, 4) is 0 Å². The summed E-state index contributed by atoms with van der Waals surface area (Å²) in [5, 5.41) is 20.2. The molecule has 2 heterocycles. The average molecular weight is 270 g/mol. The highest BCUT2D eigenvalue weighted by Gasteiger charge is 2.13. The highest BCUT2D eigenvalue weighted by Crippen LogP contribution is 2.19. The summed E-state index contributed by atoms with van der Waals surface area (Å²) in [6, 6.07) is 0. The van der Waals surface area contributed by atoms with Crippen molar-refractivity contribution in [1.29, 1.82) is 0 Å². The predicted octanol–water partition coefficient (Wildman–Crippen LogP) is 0.116. The van der Waals surface area contributed by atoms with Crippen molar-refractivity contribution < 1.29 is 5.21 Å². The number of nitrogens with zero attached hydrogens (tertiary/aromatic N) is 6. The fourth-order valence-electron chi connectivity index (χ4n) is 1.55. The van der Waals surface area contributed by atoms with Gasteiger partial charge in [-0.1, -0.05) is 16.8 Å². The number of amidine groups is 1. The summed E-state index contributed by atoms with van der Waals surface area (Å²) in [5.74, 6) is 0.0259. The molecule has 2 aromatic rings. The van der Waals surface area contributed by atoms with E-state index in [0.717, 1.165) is 11.3 Å². The maximum Gasteiger partial charge on any atom is 0.219 e. The molecular weight excluding hydrogens is 258 g/mol. The van der Waals surface area contributed by atoms with Crippen molar-refractivity contribution in [3.05, 3.63) is 28.6 Å². The van der Waals surface area contributed by atoms with E-state index in [2.05, 4.69) is 20.3 Å². The van der Waals surface area contributed by atoms with Gasteiger partial charge in [-0.25, -0.2) is 9.67 Å². The van der Waals surface area contributed by atoms with E-state index >= 15 is 0 Å². The molecule has 0 amide bonds. The summed E-state index contributed by atoms with van der Waals surface area (Å²) in [7, 11) is 1.77. The van der Waals surface area contributed by atoms with E-state index in [4.69, 9.17) is 22.5 Å². The minimum absolute atomic E-state index is 0.136. The molecule has 8 nitrogen and oxygen atoms in total. The number of nitrogens with two attached hydrogens (primary N) is 1. The van der Waals surface area contributed by atoms with Crippen molar-refractivity contribution in [2.75, 3.05) is 0 Å². The van der Waals surface area contributed by atoms with Gasteiger partial charge in [0.05, 0.1) is 12.2 Å². The Morgan fingerprint density at radius 2 is 2.28 bits per heavy atom. The van der Waals surface area contributed by atoms with Crippen LogP contribution in [0.25, 0.3) is 0 Å². The Bertz CT molecular complexity index is 600. The second-order valence-corrected chi connectivity index (χ2v) is 4.09. The van der Waals surface area contributed by atoms with Gasteiger partial charge >= 0.3 is 0 Å². The van der Waals surface area contributed by atoms with Gasteiger partial charge in [-0.3, -0.25) is 4.68 Å². The molecule has 18 heavy (non-hydrogen) atoms. The van der Waals surface area contributed by atoms with Crippen LogP contribution in [0.1, 0.15) is 17.1 Å². The number of aryl methyl sites for hydroxylation is 2. The van der Waals surface area contributed by atoms with Crippen LogP contribution in [-0.2, 0) is 13.6 Å². The van der Waals surface area contributed by atoms with Gasteiger partial charge in [0.1, 0.15) is 11.5 Å². The summed E-state index contributed by atoms with van der Waals surface area (Å²) in [4.78, 5) is 3.92. The molecule has 0 atom stereocenters. The van der Waals surface area contributed by atoms with E-state index in [1.165, 1.54) is 6.33 Å². The number of rotatable bonds is 3. The number of oxime groups is 1. The van der Waals surface area contributed by atoms with E-state index in [-0.39, 0.29) is 11.7 Å². The van der Waals surface area contributed by atoms with E-state index in [9.17, 15) is 0 Å². The molecule has 0 fully saturated rings. The monoisotopic (exact) mass is 269 g/mol. The van der Waals surface area contributed by atoms with Crippen LogP contribution in [0, 0.1) is 6.92 Å². The molecule has 0 saturated heterocycles. The quantitative estimate of drug-likeness (QED) is 0.356. The van der Waals surface area contributed by atoms with E-state index < -0.39 is 0 Å². The highest BCUT2D eigenvalue weighted by molar-refractivity contribution is 6.30. The minimum atomic E-state index is -0.136. The minimum Gasteiger partial charge on any atom is -0.409 e. The second-order valence-electron chi connectivity index (χ2n) is 3.73. The lowest BCUT2D eigenvalue weighted by atomic mass is 10.3. The van der Waals surface area contributed by atoms with E-state index in [1.807, 2.05) is 6.92 Å². The summed E-state index contributed by atoms with van der Waals surface area (Å²) >= 11 is 6.11. The third-order valence-electron chi connectivity index (χ3n) is 2.46. The Balaban J connectivity index is 2.27. The van der Waals surface area contributed by atoms with Gasteiger partial charge < -0.3 is 10.9 Å². The van der Waals surface area contributed by atoms with Crippen LogP contribution in [0.3, 0.4) is 0 Å². The third kappa shape index (κ3) is 2.14. The Kier molecular flexibility index (Phi) is 3.19. The van der Waals surface area contributed by atoms with E-state index in [1.54, 1.807) is 16.4 Å². The molecule has 2 aromatic heterocycles. The summed E-state index contributed by atoms with van der Waals surface area (Å²) in [6.45, 7) is 2.28. The smallest absolute Gasteiger partial charge is 0.219 e. The molecule has 0 aliphatic rings. The lowest BCUT2D eigenvalue weighted by molar-refractivity contribution is 0.318. The van der Waals surface area contributed by atoms with Crippen LogP contribution in [0.4, 0.5) is 0 Å². The Labute approximate surface area is 108 Å². The Hall–Kier alpha value is -2.09. The molecule has 3 N–H and O–H groups in total. The maximum atomic E-state index is 8.52. The molecule has 0 bridgehead atoms. The first-order valence-electron chi connectivity index (χ1n) is 5.08. The fourth-order valence-corrected chi connectivity index (χ4v) is 1.78. The van der Waals surface area contributed by atoms with Gasteiger partial charge in [-0.15, -0.1) is 5.10 Å². The summed E-state index contributed by atoms with van der Waals surface area (Å²) in [5.41, 5.74) is 7.06. The number of aromatic nitrogens is 5. The topological polar surface area (TPSA) is 107 Å². The third-order valence-corrected chi connectivity index (χ3v) is 2.94. The largest absolute Gasteiger partial charge is 0.409 e. The molecule has 0 saturated carbocycles. The van der Waals surface area contributed by atoms with Crippen molar-refractivity contribution >= 4 is 17.4 Å². The highest BCUT2D eigenvalue weighted by atomic mass is 35.5. The fraction of sp³-hybridized carbons (Fsp3) is 0.333. The number of hydrogen-bond acceptors (Lipinski definition) is 5. The molecule has 9 heteroatoms. The van der Waals surface area contributed by atoms with Crippen LogP contribution in [-0.4, -0.2) is 35.6 Å². The van der Waals surface area contributed by atoms with Gasteiger partial charge in [0.2, 0.25) is 11.7 Å². The normalized spacial score (nSPS) is 12.1. The van der Waals surface area contributed by atoms with Gasteiger partial charge in [-0.05, 0) is 6.92 Å². The molecular formula is C9H12ClN7O.